The highest BCUT2D eigenvalue weighted by molar-refractivity contribution is 7.86. The zero-order valence-electron chi connectivity index (χ0n) is 8.40. The third-order valence-electron chi connectivity index (χ3n) is 1.87. The molecule has 0 bridgehead atoms. The van der Waals surface area contributed by atoms with Crippen molar-refractivity contribution in [2.45, 2.75) is 19.0 Å². The van der Waals surface area contributed by atoms with Gasteiger partial charge in [0.2, 0.25) is 5.88 Å². The summed E-state index contributed by atoms with van der Waals surface area (Å²) in [5, 5.41) is 4.77. The van der Waals surface area contributed by atoms with Gasteiger partial charge in [-0.1, -0.05) is 0 Å². The van der Waals surface area contributed by atoms with Crippen LogP contribution in [0.4, 0.5) is 13.2 Å². The number of allylic oxidation sites excluding steroid dienone is 1. The normalized spacial score (nSPS) is 17.6. The maximum absolute atomic E-state index is 11.9. The molecule has 0 unspecified atom stereocenters. The van der Waals surface area contributed by atoms with E-state index in [9.17, 15) is 26.4 Å². The molecule has 0 aromatic carbocycles. The second kappa shape index (κ2) is 4.53. The summed E-state index contributed by atoms with van der Waals surface area (Å²) in [4.78, 5) is 10.6. The second-order valence-corrected chi connectivity index (χ2v) is 4.66. The molecule has 0 saturated carbocycles. The summed E-state index contributed by atoms with van der Waals surface area (Å²) in [6, 6.07) is 0. The zero-order valence-corrected chi connectivity index (χ0v) is 9.21. The number of halogens is 3. The fraction of sp³-hybridized carbons (Fsp3) is 0.571. The molecular formula is C7H9F3N2O4S. The van der Waals surface area contributed by atoms with Crippen molar-refractivity contribution < 1.29 is 31.1 Å². The summed E-state index contributed by atoms with van der Waals surface area (Å²) >= 11 is 0. The van der Waals surface area contributed by atoms with Crippen molar-refractivity contribution >= 4 is 16.2 Å². The lowest BCUT2D eigenvalue weighted by Crippen LogP contribution is -2.41. The summed E-state index contributed by atoms with van der Waals surface area (Å²) in [7, 11) is -4.25. The summed E-state index contributed by atoms with van der Waals surface area (Å²) in [5.74, 6) is -3.19. The highest BCUT2D eigenvalue weighted by Gasteiger charge is 2.43. The third kappa shape index (κ3) is 3.60. The molecule has 2 N–H and O–H groups in total. The largest absolute Gasteiger partial charge is 0.491 e. The van der Waals surface area contributed by atoms with Gasteiger partial charge in [-0.3, -0.25) is 0 Å². The smallest absolute Gasteiger partial charge is 0.402 e. The molecule has 1 rings (SSSR count). The Morgan fingerprint density at radius 2 is 2.06 bits per heavy atom. The molecule has 0 aromatic rings. The van der Waals surface area contributed by atoms with Crippen molar-refractivity contribution in [3.8, 4) is 0 Å². The first-order valence-electron chi connectivity index (χ1n) is 4.42. The van der Waals surface area contributed by atoms with Gasteiger partial charge in [-0.15, -0.1) is 0 Å². The van der Waals surface area contributed by atoms with Crippen LogP contribution in [0.25, 0.3) is 0 Å². The maximum Gasteiger partial charge on any atom is 0.491 e. The van der Waals surface area contributed by atoms with Gasteiger partial charge < -0.3 is 4.74 Å². The van der Waals surface area contributed by atoms with Crippen LogP contribution >= 0.6 is 0 Å². The minimum Gasteiger partial charge on any atom is -0.402 e. The fourth-order valence-corrected chi connectivity index (χ4v) is 1.92. The van der Waals surface area contributed by atoms with Gasteiger partial charge in [0.25, 0.3) is 0 Å². The number of carbonyl (C=O) groups is 1. The van der Waals surface area contributed by atoms with Gasteiger partial charge in [0.15, 0.2) is 0 Å². The molecule has 1 heterocycles. The van der Waals surface area contributed by atoms with Crippen LogP contribution < -0.4 is 5.14 Å². The van der Waals surface area contributed by atoms with Gasteiger partial charge in [0.05, 0.1) is 0 Å². The van der Waals surface area contributed by atoms with Gasteiger partial charge in [0.1, 0.15) is 0 Å². The van der Waals surface area contributed by atoms with E-state index in [1.807, 2.05) is 0 Å². The Bertz CT molecular complexity index is 443. The van der Waals surface area contributed by atoms with E-state index in [-0.39, 0.29) is 6.54 Å². The number of alkyl halides is 3. The number of hydrogen-bond acceptors (Lipinski definition) is 4. The average Bonchev–Trinajstić information content (AvgIpc) is 2.15. The quantitative estimate of drug-likeness (QED) is 0.730. The third-order valence-corrected chi connectivity index (χ3v) is 2.84. The van der Waals surface area contributed by atoms with E-state index >= 15 is 0 Å². The maximum atomic E-state index is 11.9. The van der Waals surface area contributed by atoms with Gasteiger partial charge in [-0.05, 0) is 18.9 Å². The molecule has 1 aliphatic heterocycles. The van der Waals surface area contributed by atoms with E-state index < -0.39 is 28.2 Å². The Morgan fingerprint density at radius 1 is 1.47 bits per heavy atom. The van der Waals surface area contributed by atoms with Crippen molar-refractivity contribution in [3.63, 3.8) is 0 Å². The standard InChI is InChI=1S/C7H9F3N2O4S/c8-7(9,10)6(13)16-5-3-1-2-4-12(5)17(11,14)15/h3H,1-2,4H2,(H2,11,14,15). The Kier molecular flexibility index (Phi) is 3.67. The highest BCUT2D eigenvalue weighted by atomic mass is 32.2. The minimum atomic E-state index is -5.19. The van der Waals surface area contributed by atoms with Gasteiger partial charge in [-0.2, -0.15) is 21.6 Å². The summed E-state index contributed by atoms with van der Waals surface area (Å²) in [6.07, 6.45) is -3.45. The molecule has 17 heavy (non-hydrogen) atoms. The molecule has 10 heteroatoms. The first kappa shape index (κ1) is 13.8. The van der Waals surface area contributed by atoms with Crippen LogP contribution in [0.15, 0.2) is 12.0 Å². The van der Waals surface area contributed by atoms with Crippen molar-refractivity contribution in [1.82, 2.24) is 4.31 Å². The Balaban J connectivity index is 2.89. The van der Waals surface area contributed by atoms with Gasteiger partial charge in [-0.25, -0.2) is 14.2 Å². The molecule has 0 saturated heterocycles. The van der Waals surface area contributed by atoms with E-state index in [1.165, 1.54) is 0 Å². The topological polar surface area (TPSA) is 89.7 Å². The number of carbonyl (C=O) groups excluding carboxylic acids is 1. The molecule has 0 fully saturated rings. The van der Waals surface area contributed by atoms with E-state index in [0.717, 1.165) is 6.08 Å². The van der Waals surface area contributed by atoms with E-state index in [0.29, 0.717) is 17.1 Å². The second-order valence-electron chi connectivity index (χ2n) is 3.19. The molecule has 0 radical (unpaired) electrons. The predicted molar refractivity (Wildman–Crippen MR) is 49.3 cm³/mol. The lowest BCUT2D eigenvalue weighted by molar-refractivity contribution is -0.197. The molecular weight excluding hydrogens is 265 g/mol. The van der Waals surface area contributed by atoms with Crippen molar-refractivity contribution in [2.75, 3.05) is 6.54 Å². The Labute approximate surface area is 95.0 Å². The molecule has 98 valence electrons. The van der Waals surface area contributed by atoms with Crippen LogP contribution in [0, 0.1) is 0 Å². The van der Waals surface area contributed by atoms with E-state index in [1.54, 1.807) is 0 Å². The van der Waals surface area contributed by atoms with Crippen LogP contribution in [-0.4, -0.2) is 31.4 Å². The summed E-state index contributed by atoms with van der Waals surface area (Å²) < 4.78 is 62.2. The molecule has 0 aliphatic carbocycles. The molecule has 0 amide bonds. The number of nitrogens with zero attached hydrogens (tertiary/aromatic N) is 1. The van der Waals surface area contributed by atoms with E-state index in [2.05, 4.69) is 4.74 Å². The van der Waals surface area contributed by atoms with Crippen LogP contribution in [0.2, 0.25) is 0 Å². The van der Waals surface area contributed by atoms with Crippen LogP contribution in [0.3, 0.4) is 0 Å². The fourth-order valence-electron chi connectivity index (χ4n) is 1.17. The Hall–Kier alpha value is -1.29. The lowest BCUT2D eigenvalue weighted by atomic mass is 10.2. The van der Waals surface area contributed by atoms with Crippen molar-refractivity contribution in [1.29, 1.82) is 0 Å². The molecule has 1 aliphatic rings. The van der Waals surface area contributed by atoms with Gasteiger partial charge >= 0.3 is 22.4 Å². The SMILES string of the molecule is NS(=O)(=O)N1CCCC=C1OC(=O)C(F)(F)F. The number of rotatable bonds is 2. The minimum absolute atomic E-state index is 0.129. The first-order valence-corrected chi connectivity index (χ1v) is 5.92. The van der Waals surface area contributed by atoms with Crippen molar-refractivity contribution in [2.24, 2.45) is 5.14 Å². The number of nitrogens with two attached hydrogens (primary N) is 1. The molecule has 6 nitrogen and oxygen atoms in total. The zero-order chi connectivity index (χ0) is 13.3. The summed E-state index contributed by atoms with van der Waals surface area (Å²) in [6.45, 7) is -0.129. The number of ether oxygens (including phenoxy) is 1. The highest BCUT2D eigenvalue weighted by Crippen LogP contribution is 2.23. The summed E-state index contributed by atoms with van der Waals surface area (Å²) in [5.41, 5.74) is 0. The molecule has 0 atom stereocenters. The van der Waals surface area contributed by atoms with Crippen LogP contribution in [0.5, 0.6) is 0 Å². The van der Waals surface area contributed by atoms with Gasteiger partial charge in [0, 0.05) is 6.54 Å². The number of esters is 1. The molecule has 0 aromatic heterocycles. The van der Waals surface area contributed by atoms with Crippen LogP contribution in [0.1, 0.15) is 12.8 Å². The van der Waals surface area contributed by atoms with Crippen LogP contribution in [-0.2, 0) is 19.7 Å². The predicted octanol–water partition coefficient (Wildman–Crippen LogP) is 0.233. The Morgan fingerprint density at radius 3 is 2.53 bits per heavy atom. The average molecular weight is 274 g/mol. The molecule has 0 spiro atoms. The monoisotopic (exact) mass is 274 g/mol. The van der Waals surface area contributed by atoms with Crippen molar-refractivity contribution in [3.05, 3.63) is 12.0 Å². The number of hydrogen-bond donors (Lipinski definition) is 1. The lowest BCUT2D eigenvalue weighted by Gasteiger charge is -2.26. The first-order chi connectivity index (χ1) is 7.62. The van der Waals surface area contributed by atoms with E-state index in [4.69, 9.17) is 5.14 Å².